The van der Waals surface area contributed by atoms with Gasteiger partial charge in [0.05, 0.1) is 18.4 Å². The first kappa shape index (κ1) is 12.1. The molecule has 2 aliphatic rings. The van der Waals surface area contributed by atoms with Gasteiger partial charge in [-0.1, -0.05) is 5.11 Å². The van der Waals surface area contributed by atoms with Crippen molar-refractivity contribution in [2.24, 2.45) is 17.0 Å². The Kier molecular flexibility index (Phi) is 2.56. The Labute approximate surface area is 108 Å². The maximum Gasteiger partial charge on any atom is 0.258 e. The van der Waals surface area contributed by atoms with Gasteiger partial charge in [-0.3, -0.25) is 0 Å². The third kappa shape index (κ3) is 1.88. The minimum atomic E-state index is -2.49. The van der Waals surface area contributed by atoms with Crippen LogP contribution in [-0.2, 0) is 6.54 Å². The molecule has 8 heteroatoms. The fourth-order valence-corrected chi connectivity index (χ4v) is 2.57. The van der Waals surface area contributed by atoms with Gasteiger partial charge >= 0.3 is 0 Å². The van der Waals surface area contributed by atoms with Crippen molar-refractivity contribution in [3.63, 3.8) is 0 Å². The molecule has 1 aromatic rings. The number of halogens is 2. The number of nitrogens with zero attached hydrogens (tertiary/aromatic N) is 6. The number of anilines is 1. The molecule has 19 heavy (non-hydrogen) atoms. The van der Waals surface area contributed by atoms with Gasteiger partial charge in [-0.05, 0) is 18.0 Å². The molecule has 2 heterocycles. The van der Waals surface area contributed by atoms with Crippen LogP contribution in [0.3, 0.4) is 0 Å². The zero-order chi connectivity index (χ0) is 13.6. The monoisotopic (exact) mass is 266 g/mol. The van der Waals surface area contributed by atoms with Gasteiger partial charge in [0, 0.05) is 29.9 Å². The second-order valence-electron chi connectivity index (χ2n) is 4.96. The minimum absolute atomic E-state index is 0.200. The van der Waals surface area contributed by atoms with E-state index in [1.54, 1.807) is 18.0 Å². The lowest BCUT2D eigenvalue weighted by Crippen LogP contribution is -2.29. The zero-order valence-electron chi connectivity index (χ0n) is 10.3. The van der Waals surface area contributed by atoms with Crippen molar-refractivity contribution in [2.45, 2.75) is 19.4 Å². The van der Waals surface area contributed by atoms with E-state index < -0.39 is 17.8 Å². The lowest BCUT2D eigenvalue weighted by Gasteiger charge is -2.20. The Morgan fingerprint density at radius 2 is 2.21 bits per heavy atom. The molecule has 0 amide bonds. The third-order valence-corrected chi connectivity index (χ3v) is 3.85. The van der Waals surface area contributed by atoms with Crippen LogP contribution in [0.4, 0.5) is 14.7 Å². The zero-order valence-corrected chi connectivity index (χ0v) is 10.3. The van der Waals surface area contributed by atoms with Crippen molar-refractivity contribution in [1.82, 2.24) is 9.97 Å². The summed E-state index contributed by atoms with van der Waals surface area (Å²) in [5.41, 5.74) is 9.73. The summed E-state index contributed by atoms with van der Waals surface area (Å²) in [6.45, 7) is 2.62. The Morgan fingerprint density at radius 3 is 2.79 bits per heavy atom. The quantitative estimate of drug-likeness (QED) is 0.478. The first-order valence-electron chi connectivity index (χ1n) is 6.00. The van der Waals surface area contributed by atoms with E-state index in [9.17, 15) is 8.78 Å². The van der Waals surface area contributed by atoms with E-state index in [1.165, 1.54) is 0 Å². The van der Waals surface area contributed by atoms with Gasteiger partial charge in [-0.25, -0.2) is 18.7 Å². The topological polar surface area (TPSA) is 77.8 Å². The van der Waals surface area contributed by atoms with Crippen LogP contribution < -0.4 is 4.90 Å². The molecule has 0 bridgehead atoms. The normalized spacial score (nSPS) is 26.8. The molecular formula is C11H12F2N6. The van der Waals surface area contributed by atoms with Crippen LogP contribution >= 0.6 is 0 Å². The number of fused-ring (bicyclic) bond motifs is 1. The summed E-state index contributed by atoms with van der Waals surface area (Å²) in [4.78, 5) is 12.9. The largest absolute Gasteiger partial charge is 0.340 e. The summed E-state index contributed by atoms with van der Waals surface area (Å²) in [5, 5.41) is 3.46. The molecule has 2 atom stereocenters. The Balaban J connectivity index is 1.74. The SMILES string of the molecule is Cc1nc(N2CC3C(C2)C3(F)F)ncc1CN=[N+]=[N-]. The summed E-state index contributed by atoms with van der Waals surface area (Å²) in [6.07, 6.45) is 1.59. The van der Waals surface area contributed by atoms with Gasteiger partial charge in [0.1, 0.15) is 0 Å². The molecule has 1 aliphatic carbocycles. The van der Waals surface area contributed by atoms with E-state index in [-0.39, 0.29) is 6.54 Å². The highest BCUT2D eigenvalue weighted by atomic mass is 19.3. The van der Waals surface area contributed by atoms with E-state index in [0.717, 1.165) is 5.56 Å². The van der Waals surface area contributed by atoms with E-state index >= 15 is 0 Å². The maximum atomic E-state index is 13.1. The van der Waals surface area contributed by atoms with Crippen molar-refractivity contribution in [3.8, 4) is 0 Å². The molecule has 0 aromatic carbocycles. The molecule has 3 rings (SSSR count). The molecule has 2 fully saturated rings. The number of piperidine rings is 1. The average molecular weight is 266 g/mol. The molecule has 1 saturated heterocycles. The maximum absolute atomic E-state index is 13.1. The van der Waals surface area contributed by atoms with Crippen molar-refractivity contribution in [3.05, 3.63) is 27.9 Å². The van der Waals surface area contributed by atoms with Gasteiger partial charge in [0.2, 0.25) is 5.95 Å². The third-order valence-electron chi connectivity index (χ3n) is 3.85. The number of aromatic nitrogens is 2. The van der Waals surface area contributed by atoms with Crippen molar-refractivity contribution < 1.29 is 8.78 Å². The molecule has 100 valence electrons. The standard InChI is InChI=1S/C11H12F2N6/c1-6-7(3-16-18-14)2-15-10(17-6)19-4-8-9(5-19)11(8,12)13/h2,8-9H,3-5H2,1H3. The lowest BCUT2D eigenvalue weighted by molar-refractivity contribution is 0.0796. The highest BCUT2D eigenvalue weighted by molar-refractivity contribution is 5.38. The molecule has 2 unspecified atom stereocenters. The second-order valence-corrected chi connectivity index (χ2v) is 4.96. The number of azide groups is 1. The summed E-state index contributed by atoms with van der Waals surface area (Å²) < 4.78 is 26.2. The minimum Gasteiger partial charge on any atom is -0.340 e. The molecule has 1 saturated carbocycles. The smallest absolute Gasteiger partial charge is 0.258 e. The Hall–Kier alpha value is -1.95. The van der Waals surface area contributed by atoms with Crippen LogP contribution in [0.1, 0.15) is 11.3 Å². The molecule has 1 aromatic heterocycles. The van der Waals surface area contributed by atoms with Crippen LogP contribution in [0.5, 0.6) is 0 Å². The van der Waals surface area contributed by atoms with Crippen molar-refractivity contribution in [2.75, 3.05) is 18.0 Å². The first-order valence-corrected chi connectivity index (χ1v) is 6.00. The number of alkyl halides is 2. The summed E-state index contributed by atoms with van der Waals surface area (Å²) >= 11 is 0. The molecular weight excluding hydrogens is 254 g/mol. The second kappa shape index (κ2) is 4.03. The summed E-state index contributed by atoms with van der Waals surface area (Å²) in [7, 11) is 0. The van der Waals surface area contributed by atoms with E-state index in [4.69, 9.17) is 5.53 Å². The number of hydrogen-bond acceptors (Lipinski definition) is 4. The van der Waals surface area contributed by atoms with E-state index in [2.05, 4.69) is 20.0 Å². The van der Waals surface area contributed by atoms with Gasteiger partial charge < -0.3 is 4.90 Å². The predicted octanol–water partition coefficient (Wildman–Crippen LogP) is 2.30. The van der Waals surface area contributed by atoms with Crippen molar-refractivity contribution in [1.29, 1.82) is 0 Å². The van der Waals surface area contributed by atoms with Crippen LogP contribution in [0.25, 0.3) is 10.4 Å². The Bertz CT molecular complexity index is 554. The fraction of sp³-hybridized carbons (Fsp3) is 0.636. The molecule has 0 N–H and O–H groups in total. The van der Waals surface area contributed by atoms with Gasteiger partial charge in [-0.2, -0.15) is 0 Å². The van der Waals surface area contributed by atoms with Crippen molar-refractivity contribution >= 4 is 5.95 Å². The van der Waals surface area contributed by atoms with Crippen LogP contribution in [0.15, 0.2) is 11.3 Å². The molecule has 0 radical (unpaired) electrons. The average Bonchev–Trinajstić information content (AvgIpc) is 2.79. The fourth-order valence-electron chi connectivity index (χ4n) is 2.57. The number of hydrogen-bond donors (Lipinski definition) is 0. The molecule has 1 aliphatic heterocycles. The van der Waals surface area contributed by atoms with E-state index in [1.807, 2.05) is 0 Å². The summed E-state index contributed by atoms with van der Waals surface area (Å²) in [5.74, 6) is -3.10. The molecule has 6 nitrogen and oxygen atoms in total. The lowest BCUT2D eigenvalue weighted by atomic mass is 10.2. The first-order chi connectivity index (χ1) is 9.04. The highest BCUT2D eigenvalue weighted by Crippen LogP contribution is 2.59. The van der Waals surface area contributed by atoms with Gasteiger partial charge in [0.15, 0.2) is 0 Å². The Morgan fingerprint density at radius 1 is 1.53 bits per heavy atom. The predicted molar refractivity (Wildman–Crippen MR) is 63.8 cm³/mol. The number of aryl methyl sites for hydroxylation is 1. The number of rotatable bonds is 3. The van der Waals surface area contributed by atoms with Gasteiger partial charge in [0.25, 0.3) is 5.92 Å². The van der Waals surface area contributed by atoms with Gasteiger partial charge in [-0.15, -0.1) is 0 Å². The highest BCUT2D eigenvalue weighted by Gasteiger charge is 2.71. The van der Waals surface area contributed by atoms with Crippen LogP contribution in [-0.4, -0.2) is 29.0 Å². The summed E-state index contributed by atoms with van der Waals surface area (Å²) in [6, 6.07) is 0. The van der Waals surface area contributed by atoms with Crippen LogP contribution in [0.2, 0.25) is 0 Å². The molecule has 0 spiro atoms. The van der Waals surface area contributed by atoms with Crippen LogP contribution in [0, 0.1) is 18.8 Å². The van der Waals surface area contributed by atoms with E-state index in [0.29, 0.717) is 24.7 Å².